The Morgan fingerprint density at radius 1 is 0.732 bits per heavy atom. The maximum Gasteiger partial charge on any atom is 0.257 e. The third kappa shape index (κ3) is 4.94. The van der Waals surface area contributed by atoms with Gasteiger partial charge in [-0.25, -0.2) is 0 Å². The number of hydrogen-bond acceptors (Lipinski definition) is 8. The third-order valence-electron chi connectivity index (χ3n) is 7.71. The molecular formula is C31H32N4O6. The second kappa shape index (κ2) is 10.8. The average Bonchev–Trinajstić information content (AvgIpc) is 3.48. The molecule has 212 valence electrons. The van der Waals surface area contributed by atoms with Crippen LogP contribution in [0.25, 0.3) is 0 Å². The van der Waals surface area contributed by atoms with E-state index in [1.807, 2.05) is 0 Å². The number of carbonyl (C=O) groups excluding carboxylic acids is 2. The predicted octanol–water partition coefficient (Wildman–Crippen LogP) is 4.52. The SMILES string of the molecule is C=C1C[C@H]2C=Nc3cc(OCCCOc4cc5c(cc4OC)C(=O)N4CC(=C)C[C@H]4C=N5)c(OC)cc3C(=O)N2C1. The Kier molecular flexibility index (Phi) is 6.98. The van der Waals surface area contributed by atoms with Gasteiger partial charge >= 0.3 is 0 Å². The van der Waals surface area contributed by atoms with Crippen LogP contribution >= 0.6 is 0 Å². The minimum Gasteiger partial charge on any atom is -0.493 e. The highest BCUT2D eigenvalue weighted by Crippen LogP contribution is 2.40. The van der Waals surface area contributed by atoms with Crippen LogP contribution in [-0.4, -0.2) is 86.6 Å². The van der Waals surface area contributed by atoms with E-state index < -0.39 is 0 Å². The molecule has 0 aromatic heterocycles. The van der Waals surface area contributed by atoms with Crippen LogP contribution in [0.5, 0.6) is 23.0 Å². The zero-order chi connectivity index (χ0) is 28.7. The van der Waals surface area contributed by atoms with Gasteiger partial charge in [0, 0.05) is 44.1 Å². The molecule has 0 saturated carbocycles. The molecule has 6 rings (SSSR count). The van der Waals surface area contributed by atoms with Crippen LogP contribution in [0.2, 0.25) is 0 Å². The van der Waals surface area contributed by atoms with Gasteiger partial charge in [0.25, 0.3) is 11.8 Å². The van der Waals surface area contributed by atoms with E-state index in [-0.39, 0.29) is 23.9 Å². The average molecular weight is 557 g/mol. The van der Waals surface area contributed by atoms with Gasteiger partial charge in [0.05, 0.1) is 62.0 Å². The zero-order valence-corrected chi connectivity index (χ0v) is 23.2. The number of ether oxygens (including phenoxy) is 4. The van der Waals surface area contributed by atoms with Gasteiger partial charge in [-0.3, -0.25) is 19.6 Å². The molecule has 4 aliphatic rings. The van der Waals surface area contributed by atoms with Crippen molar-refractivity contribution in [2.45, 2.75) is 31.3 Å². The van der Waals surface area contributed by atoms with Gasteiger partial charge in [-0.2, -0.15) is 0 Å². The number of aliphatic imine (C=N–C) groups is 2. The van der Waals surface area contributed by atoms with Crippen LogP contribution in [0.4, 0.5) is 11.4 Å². The van der Waals surface area contributed by atoms with Crippen molar-refractivity contribution in [1.82, 2.24) is 9.80 Å². The highest BCUT2D eigenvalue weighted by atomic mass is 16.5. The number of hydrogen-bond donors (Lipinski definition) is 0. The van der Waals surface area contributed by atoms with Gasteiger partial charge in [0.15, 0.2) is 23.0 Å². The quantitative estimate of drug-likeness (QED) is 0.350. The minimum absolute atomic E-state index is 0.0826. The molecule has 10 heteroatoms. The lowest BCUT2D eigenvalue weighted by Gasteiger charge is -2.20. The zero-order valence-electron chi connectivity index (χ0n) is 23.2. The van der Waals surface area contributed by atoms with Crippen LogP contribution in [0, 0.1) is 0 Å². The van der Waals surface area contributed by atoms with Crippen LogP contribution in [0.15, 0.2) is 58.6 Å². The number of carbonyl (C=O) groups is 2. The molecule has 10 nitrogen and oxygen atoms in total. The summed E-state index contributed by atoms with van der Waals surface area (Å²) in [7, 11) is 3.09. The smallest absolute Gasteiger partial charge is 0.257 e. The van der Waals surface area contributed by atoms with Gasteiger partial charge in [-0.05, 0) is 25.0 Å². The fraction of sp³-hybridized carbons (Fsp3) is 0.355. The van der Waals surface area contributed by atoms with Crippen molar-refractivity contribution in [3.8, 4) is 23.0 Å². The van der Waals surface area contributed by atoms with Gasteiger partial charge < -0.3 is 28.7 Å². The van der Waals surface area contributed by atoms with Crippen molar-refractivity contribution < 1.29 is 28.5 Å². The molecule has 2 saturated heterocycles. The Labute approximate surface area is 238 Å². The normalized spacial score (nSPS) is 20.7. The van der Waals surface area contributed by atoms with Crippen molar-refractivity contribution in [1.29, 1.82) is 0 Å². The molecule has 2 aromatic rings. The Morgan fingerprint density at radius 2 is 1.17 bits per heavy atom. The van der Waals surface area contributed by atoms with Crippen molar-refractivity contribution in [2.24, 2.45) is 9.98 Å². The number of nitrogens with zero attached hydrogens (tertiary/aromatic N) is 4. The summed E-state index contributed by atoms with van der Waals surface area (Å²) >= 11 is 0. The molecule has 2 atom stereocenters. The van der Waals surface area contributed by atoms with Gasteiger partial charge in [-0.1, -0.05) is 24.3 Å². The van der Waals surface area contributed by atoms with Gasteiger partial charge in [0.1, 0.15) is 0 Å². The molecular weight excluding hydrogens is 524 g/mol. The summed E-state index contributed by atoms with van der Waals surface area (Å²) in [6.45, 7) is 9.78. The lowest BCUT2D eigenvalue weighted by Crippen LogP contribution is -2.35. The fourth-order valence-electron chi connectivity index (χ4n) is 5.63. The fourth-order valence-corrected chi connectivity index (χ4v) is 5.63. The molecule has 0 spiro atoms. The molecule has 0 radical (unpaired) electrons. The maximum absolute atomic E-state index is 13.2. The molecule has 0 N–H and O–H groups in total. The monoisotopic (exact) mass is 556 g/mol. The first-order valence-electron chi connectivity index (χ1n) is 13.6. The third-order valence-corrected chi connectivity index (χ3v) is 7.71. The first kappa shape index (κ1) is 26.6. The second-order valence-corrected chi connectivity index (χ2v) is 10.6. The number of amides is 2. The van der Waals surface area contributed by atoms with E-state index in [1.54, 1.807) is 60.7 Å². The van der Waals surface area contributed by atoms with E-state index in [2.05, 4.69) is 23.1 Å². The molecule has 0 bridgehead atoms. The molecule has 2 fully saturated rings. The predicted molar refractivity (Wildman–Crippen MR) is 155 cm³/mol. The summed E-state index contributed by atoms with van der Waals surface area (Å²) in [6.07, 6.45) is 5.60. The van der Waals surface area contributed by atoms with Crippen LogP contribution in [0.1, 0.15) is 40.0 Å². The van der Waals surface area contributed by atoms with Crippen molar-refractivity contribution in [2.75, 3.05) is 40.5 Å². The summed E-state index contributed by atoms with van der Waals surface area (Å²) in [6, 6.07) is 6.69. The molecule has 4 aliphatic heterocycles. The van der Waals surface area contributed by atoms with E-state index in [9.17, 15) is 9.59 Å². The lowest BCUT2D eigenvalue weighted by molar-refractivity contribution is 0.0770. The Morgan fingerprint density at radius 3 is 1.59 bits per heavy atom. The first-order chi connectivity index (χ1) is 19.9. The molecule has 2 aromatic carbocycles. The summed E-state index contributed by atoms with van der Waals surface area (Å²) in [5.41, 5.74) is 4.10. The highest BCUT2D eigenvalue weighted by molar-refractivity contribution is 6.04. The Hall–Kier alpha value is -4.60. The molecule has 2 amide bonds. The number of rotatable bonds is 8. The summed E-state index contributed by atoms with van der Waals surface area (Å²) in [4.78, 5) is 39.1. The van der Waals surface area contributed by atoms with E-state index >= 15 is 0 Å². The van der Waals surface area contributed by atoms with Gasteiger partial charge in [0.2, 0.25) is 0 Å². The van der Waals surface area contributed by atoms with E-state index in [0.29, 0.717) is 78.2 Å². The van der Waals surface area contributed by atoms with Gasteiger partial charge in [-0.15, -0.1) is 0 Å². The number of fused-ring (bicyclic) bond motifs is 4. The number of benzene rings is 2. The number of methoxy groups -OCH3 is 2. The molecule has 41 heavy (non-hydrogen) atoms. The van der Waals surface area contributed by atoms with Crippen molar-refractivity contribution in [3.05, 3.63) is 59.7 Å². The Bertz CT molecular complexity index is 1400. The molecule has 0 aliphatic carbocycles. The largest absolute Gasteiger partial charge is 0.493 e. The van der Waals surface area contributed by atoms with Crippen LogP contribution < -0.4 is 18.9 Å². The lowest BCUT2D eigenvalue weighted by atomic mass is 10.1. The maximum atomic E-state index is 13.2. The van der Waals surface area contributed by atoms with E-state index in [4.69, 9.17) is 18.9 Å². The molecule has 4 heterocycles. The Balaban J connectivity index is 1.11. The van der Waals surface area contributed by atoms with E-state index in [1.165, 1.54) is 0 Å². The highest BCUT2D eigenvalue weighted by Gasteiger charge is 2.35. The van der Waals surface area contributed by atoms with E-state index in [0.717, 1.165) is 24.0 Å². The topological polar surface area (TPSA) is 102 Å². The summed E-state index contributed by atoms with van der Waals surface area (Å²) in [5, 5.41) is 0. The summed E-state index contributed by atoms with van der Waals surface area (Å²) in [5.74, 6) is 1.74. The standard InChI is InChI=1S/C31H32N4O6/c1-18-8-20-14-32-24-12-28(26(38-3)10-22(24)30(36)34(20)16-18)40-6-5-7-41-29-13-25-23(11-27(29)39-4)31(37)35-17-19(2)9-21(35)15-33-25/h10-15,20-21H,1-2,5-9,16-17H2,3-4H3/t20-,21-/m0/s1. The van der Waals surface area contributed by atoms with Crippen molar-refractivity contribution >= 4 is 35.6 Å². The summed E-state index contributed by atoms with van der Waals surface area (Å²) < 4.78 is 23.1. The second-order valence-electron chi connectivity index (χ2n) is 10.6. The minimum atomic E-state index is -0.0917. The van der Waals surface area contributed by atoms with Crippen LogP contribution in [0.3, 0.4) is 0 Å². The van der Waals surface area contributed by atoms with Crippen molar-refractivity contribution in [3.63, 3.8) is 0 Å². The van der Waals surface area contributed by atoms with Crippen LogP contribution in [-0.2, 0) is 0 Å². The molecule has 0 unspecified atom stereocenters. The first-order valence-corrected chi connectivity index (χ1v) is 13.6.